The van der Waals surface area contributed by atoms with Gasteiger partial charge in [-0.1, -0.05) is 91.0 Å². The molecule has 1 N–H and O–H groups in total. The number of piperazine rings is 1. The first-order valence-electron chi connectivity index (χ1n) is 11.6. The molecule has 1 aliphatic rings. The second-order valence-corrected chi connectivity index (χ2v) is 8.63. The predicted octanol–water partition coefficient (Wildman–Crippen LogP) is 4.01. The highest BCUT2D eigenvalue weighted by Crippen LogP contribution is 2.24. The molecule has 0 saturated carbocycles. The molecule has 0 aliphatic carbocycles. The van der Waals surface area contributed by atoms with Crippen LogP contribution in [0.3, 0.4) is 0 Å². The number of aliphatic hydroxyl groups is 1. The summed E-state index contributed by atoms with van der Waals surface area (Å²) in [5, 5.41) is 10.6. The van der Waals surface area contributed by atoms with Gasteiger partial charge >= 0.3 is 0 Å². The molecule has 0 amide bonds. The predicted molar refractivity (Wildman–Crippen MR) is 130 cm³/mol. The van der Waals surface area contributed by atoms with Gasteiger partial charge in [0.25, 0.3) is 0 Å². The molecule has 0 bridgehead atoms. The van der Waals surface area contributed by atoms with E-state index in [4.69, 9.17) is 4.74 Å². The molecule has 4 heteroatoms. The molecule has 1 heterocycles. The fourth-order valence-electron chi connectivity index (χ4n) is 4.40. The van der Waals surface area contributed by atoms with Gasteiger partial charge in [0.05, 0.1) is 19.3 Å². The van der Waals surface area contributed by atoms with E-state index in [1.807, 2.05) is 12.1 Å². The number of nitrogens with zero attached hydrogens (tertiary/aromatic N) is 2. The minimum Gasteiger partial charge on any atom is -0.389 e. The monoisotopic (exact) mass is 430 g/mol. The van der Waals surface area contributed by atoms with E-state index in [0.29, 0.717) is 19.8 Å². The lowest BCUT2D eigenvalue weighted by atomic mass is 9.92. The van der Waals surface area contributed by atoms with Crippen LogP contribution in [0.4, 0.5) is 0 Å². The number of rotatable bonds is 10. The standard InChI is InChI=1S/C28H34N2O2/c31-27(21-30-18-16-29(17-19-30)20-24-10-4-1-5-11-24)22-32-23-28(25-12-6-2-7-13-25)26-14-8-3-9-15-26/h1-15,27-28,31H,16-23H2/t27-/m1/s1. The molecular weight excluding hydrogens is 396 g/mol. The zero-order chi connectivity index (χ0) is 22.0. The maximum absolute atomic E-state index is 10.6. The van der Waals surface area contributed by atoms with Gasteiger partial charge < -0.3 is 9.84 Å². The van der Waals surface area contributed by atoms with Gasteiger partial charge in [0.15, 0.2) is 0 Å². The summed E-state index contributed by atoms with van der Waals surface area (Å²) in [6.45, 7) is 6.64. The third kappa shape index (κ3) is 6.75. The summed E-state index contributed by atoms with van der Waals surface area (Å²) >= 11 is 0. The molecule has 4 rings (SSSR count). The highest BCUT2D eigenvalue weighted by Gasteiger charge is 2.20. The Morgan fingerprint density at radius 2 is 1.16 bits per heavy atom. The molecule has 168 valence electrons. The van der Waals surface area contributed by atoms with Gasteiger partial charge in [-0.3, -0.25) is 9.80 Å². The van der Waals surface area contributed by atoms with Gasteiger partial charge in [-0.05, 0) is 16.7 Å². The van der Waals surface area contributed by atoms with Crippen LogP contribution in [0.25, 0.3) is 0 Å². The Morgan fingerprint density at radius 1 is 0.656 bits per heavy atom. The Labute approximate surface area is 192 Å². The molecule has 1 aliphatic heterocycles. The van der Waals surface area contributed by atoms with Gasteiger partial charge in [0.1, 0.15) is 0 Å². The van der Waals surface area contributed by atoms with E-state index >= 15 is 0 Å². The summed E-state index contributed by atoms with van der Waals surface area (Å²) in [5.41, 5.74) is 3.84. The van der Waals surface area contributed by atoms with Crippen LogP contribution < -0.4 is 0 Å². The first-order valence-corrected chi connectivity index (χ1v) is 11.6. The van der Waals surface area contributed by atoms with Gasteiger partial charge in [-0.2, -0.15) is 0 Å². The van der Waals surface area contributed by atoms with Gasteiger partial charge in [-0.15, -0.1) is 0 Å². The molecule has 1 atom stereocenters. The molecular formula is C28H34N2O2. The van der Waals surface area contributed by atoms with E-state index < -0.39 is 6.10 Å². The third-order valence-electron chi connectivity index (χ3n) is 6.18. The minimum absolute atomic E-state index is 0.172. The van der Waals surface area contributed by atoms with Gasteiger partial charge in [0.2, 0.25) is 0 Å². The lowest BCUT2D eigenvalue weighted by Gasteiger charge is -2.35. The van der Waals surface area contributed by atoms with Crippen LogP contribution in [0.2, 0.25) is 0 Å². The number of ether oxygens (including phenoxy) is 1. The summed E-state index contributed by atoms with van der Waals surface area (Å²) in [6, 6.07) is 31.6. The van der Waals surface area contributed by atoms with Gasteiger partial charge in [-0.25, -0.2) is 0 Å². The Bertz CT molecular complexity index is 857. The highest BCUT2D eigenvalue weighted by atomic mass is 16.5. The number of hydrogen-bond acceptors (Lipinski definition) is 4. The first-order chi connectivity index (χ1) is 15.8. The zero-order valence-electron chi connectivity index (χ0n) is 18.7. The smallest absolute Gasteiger partial charge is 0.0900 e. The van der Waals surface area contributed by atoms with E-state index in [-0.39, 0.29) is 5.92 Å². The van der Waals surface area contributed by atoms with Gasteiger partial charge in [0, 0.05) is 45.2 Å². The SMILES string of the molecule is O[C@@H](COCC(c1ccccc1)c1ccccc1)CN1CCN(Cc2ccccc2)CC1. The lowest BCUT2D eigenvalue weighted by Crippen LogP contribution is -2.48. The summed E-state index contributed by atoms with van der Waals surface area (Å²) in [6.07, 6.45) is -0.470. The van der Waals surface area contributed by atoms with Crippen LogP contribution >= 0.6 is 0 Å². The van der Waals surface area contributed by atoms with Crippen molar-refractivity contribution in [1.29, 1.82) is 0 Å². The van der Waals surface area contributed by atoms with Crippen molar-refractivity contribution >= 4 is 0 Å². The zero-order valence-corrected chi connectivity index (χ0v) is 18.7. The molecule has 3 aromatic carbocycles. The summed E-state index contributed by atoms with van der Waals surface area (Å²) < 4.78 is 6.02. The van der Waals surface area contributed by atoms with Crippen LogP contribution in [0.1, 0.15) is 22.6 Å². The molecule has 32 heavy (non-hydrogen) atoms. The van der Waals surface area contributed by atoms with Crippen molar-refractivity contribution in [3.63, 3.8) is 0 Å². The van der Waals surface area contributed by atoms with Crippen LogP contribution in [0, 0.1) is 0 Å². The molecule has 0 unspecified atom stereocenters. The van der Waals surface area contributed by atoms with Crippen molar-refractivity contribution in [1.82, 2.24) is 9.80 Å². The molecule has 3 aromatic rings. The van der Waals surface area contributed by atoms with Crippen molar-refractivity contribution in [2.24, 2.45) is 0 Å². The summed E-state index contributed by atoms with van der Waals surface area (Å²) in [7, 11) is 0. The Balaban J connectivity index is 1.21. The van der Waals surface area contributed by atoms with Crippen LogP contribution in [-0.2, 0) is 11.3 Å². The Hall–Kier alpha value is -2.50. The maximum atomic E-state index is 10.6. The maximum Gasteiger partial charge on any atom is 0.0900 e. The molecule has 4 nitrogen and oxygen atoms in total. The second-order valence-electron chi connectivity index (χ2n) is 8.63. The third-order valence-corrected chi connectivity index (χ3v) is 6.18. The lowest BCUT2D eigenvalue weighted by molar-refractivity contribution is 0.00470. The topological polar surface area (TPSA) is 35.9 Å². The second kappa shape index (κ2) is 11.9. The van der Waals surface area contributed by atoms with Crippen molar-refractivity contribution in [2.45, 2.75) is 18.6 Å². The molecule has 1 fully saturated rings. The fourth-order valence-corrected chi connectivity index (χ4v) is 4.40. The number of benzene rings is 3. The molecule has 1 saturated heterocycles. The van der Waals surface area contributed by atoms with Crippen molar-refractivity contribution in [3.8, 4) is 0 Å². The summed E-state index contributed by atoms with van der Waals surface area (Å²) in [4.78, 5) is 4.83. The van der Waals surface area contributed by atoms with E-state index in [1.165, 1.54) is 16.7 Å². The highest BCUT2D eigenvalue weighted by molar-refractivity contribution is 5.32. The quantitative estimate of drug-likeness (QED) is 0.527. The number of β-amino-alcohol motifs (C(OH)–C–C–N with tert-alkyl or cyclic N) is 1. The molecule has 0 radical (unpaired) electrons. The summed E-state index contributed by atoms with van der Waals surface area (Å²) in [5.74, 6) is 0.172. The van der Waals surface area contributed by atoms with E-state index in [9.17, 15) is 5.11 Å². The van der Waals surface area contributed by atoms with Crippen LogP contribution in [-0.4, -0.2) is 66.9 Å². The number of hydrogen-bond donors (Lipinski definition) is 1. The average Bonchev–Trinajstić information content (AvgIpc) is 2.85. The molecule has 0 aromatic heterocycles. The van der Waals surface area contributed by atoms with E-state index in [2.05, 4.69) is 88.7 Å². The van der Waals surface area contributed by atoms with Crippen LogP contribution in [0.15, 0.2) is 91.0 Å². The largest absolute Gasteiger partial charge is 0.389 e. The van der Waals surface area contributed by atoms with Crippen molar-refractivity contribution in [2.75, 3.05) is 45.9 Å². The van der Waals surface area contributed by atoms with E-state index in [1.54, 1.807) is 0 Å². The van der Waals surface area contributed by atoms with Crippen molar-refractivity contribution < 1.29 is 9.84 Å². The average molecular weight is 431 g/mol. The fraction of sp³-hybridized carbons (Fsp3) is 0.357. The number of aliphatic hydroxyl groups excluding tert-OH is 1. The molecule has 0 spiro atoms. The normalized spacial score (nSPS) is 16.3. The first kappa shape index (κ1) is 22.7. The van der Waals surface area contributed by atoms with Crippen LogP contribution in [0.5, 0.6) is 0 Å². The van der Waals surface area contributed by atoms with E-state index in [0.717, 1.165) is 32.7 Å². The Kier molecular flexibility index (Phi) is 8.46. The van der Waals surface area contributed by atoms with Crippen molar-refractivity contribution in [3.05, 3.63) is 108 Å². The minimum atomic E-state index is -0.470. The Morgan fingerprint density at radius 3 is 1.72 bits per heavy atom.